The summed E-state index contributed by atoms with van der Waals surface area (Å²) < 4.78 is 45.4. The fourth-order valence-corrected chi connectivity index (χ4v) is 4.61. The summed E-state index contributed by atoms with van der Waals surface area (Å²) in [5, 5.41) is 1.39. The molecule has 0 unspecified atom stereocenters. The van der Waals surface area contributed by atoms with Gasteiger partial charge in [0.1, 0.15) is 5.75 Å². The quantitative estimate of drug-likeness (QED) is 0.508. The number of aromatic nitrogens is 3. The van der Waals surface area contributed by atoms with Gasteiger partial charge in [-0.05, 0) is 42.7 Å². The lowest BCUT2D eigenvalue weighted by atomic mass is 10.1. The van der Waals surface area contributed by atoms with Crippen LogP contribution in [0.15, 0.2) is 60.1 Å². The van der Waals surface area contributed by atoms with E-state index in [2.05, 4.69) is 9.97 Å². The molecule has 0 atom stereocenters. The largest absolute Gasteiger partial charge is 0.417 e. The Bertz CT molecular complexity index is 1080. The van der Waals surface area contributed by atoms with Gasteiger partial charge in [0.2, 0.25) is 0 Å². The van der Waals surface area contributed by atoms with E-state index in [9.17, 15) is 18.0 Å². The number of carbonyl (C=O) groups is 1. The van der Waals surface area contributed by atoms with Gasteiger partial charge >= 0.3 is 12.3 Å². The zero-order valence-electron chi connectivity index (χ0n) is 18.0. The molecular weight excluding hydrogens is 453 g/mol. The van der Waals surface area contributed by atoms with E-state index in [4.69, 9.17) is 4.74 Å². The van der Waals surface area contributed by atoms with Gasteiger partial charge in [-0.3, -0.25) is 4.98 Å². The molecule has 3 heterocycles. The maximum Gasteiger partial charge on any atom is 0.417 e. The number of hydrogen-bond donors (Lipinski definition) is 0. The number of pyridine rings is 1. The van der Waals surface area contributed by atoms with Crippen molar-refractivity contribution >= 4 is 17.9 Å². The van der Waals surface area contributed by atoms with Crippen molar-refractivity contribution < 1.29 is 22.7 Å². The molecule has 1 aromatic carbocycles. The summed E-state index contributed by atoms with van der Waals surface area (Å²) in [6.45, 7) is 1.25. The van der Waals surface area contributed by atoms with Crippen molar-refractivity contribution in [3.63, 3.8) is 0 Å². The first-order chi connectivity index (χ1) is 15.8. The van der Waals surface area contributed by atoms with Crippen LogP contribution in [0.4, 0.5) is 18.0 Å². The number of rotatable bonds is 5. The number of benzene rings is 1. The van der Waals surface area contributed by atoms with Gasteiger partial charge in [0, 0.05) is 56.1 Å². The van der Waals surface area contributed by atoms with E-state index in [1.807, 2.05) is 17.8 Å². The molecule has 1 aliphatic rings. The molecule has 0 radical (unpaired) electrons. The second-order valence-corrected chi connectivity index (χ2v) is 9.12. The highest BCUT2D eigenvalue weighted by molar-refractivity contribution is 7.99. The minimum Gasteiger partial charge on any atom is -0.410 e. The number of amides is 1. The highest BCUT2D eigenvalue weighted by Gasteiger charge is 2.30. The van der Waals surface area contributed by atoms with E-state index in [-0.39, 0.29) is 6.09 Å². The standard InChI is InChI=1S/C23H23F3N4O2S/c1-29-13-10-27-21(29)33-20-8-11-30(12-9-20)22(31)32-19-6-2-16(3-7-19)14-18-5-4-17(15-28-18)23(24,25)26/h2-7,10,13,15,20H,8-9,11-12,14H2,1H3. The monoisotopic (exact) mass is 476 g/mol. The Balaban J connectivity index is 1.26. The number of hydrogen-bond acceptors (Lipinski definition) is 5. The van der Waals surface area contributed by atoms with Crippen LogP contribution in [0.1, 0.15) is 29.7 Å². The zero-order valence-corrected chi connectivity index (χ0v) is 18.8. The Morgan fingerprint density at radius 2 is 1.85 bits per heavy atom. The van der Waals surface area contributed by atoms with Crippen LogP contribution in [0, 0.1) is 0 Å². The fourth-order valence-electron chi connectivity index (χ4n) is 3.52. The minimum absolute atomic E-state index is 0.382. The molecule has 0 N–H and O–H groups in total. The number of halogens is 3. The van der Waals surface area contributed by atoms with Gasteiger partial charge in [-0.25, -0.2) is 9.78 Å². The Labute approximate surface area is 193 Å². The Kier molecular flexibility index (Phi) is 6.92. The van der Waals surface area contributed by atoms with Gasteiger partial charge in [-0.1, -0.05) is 23.9 Å². The van der Waals surface area contributed by atoms with E-state index in [1.165, 1.54) is 6.07 Å². The highest BCUT2D eigenvalue weighted by Crippen LogP contribution is 2.30. The highest BCUT2D eigenvalue weighted by atomic mass is 32.2. The molecule has 174 valence electrons. The van der Waals surface area contributed by atoms with Crippen LogP contribution in [-0.2, 0) is 19.6 Å². The lowest BCUT2D eigenvalue weighted by Gasteiger charge is -2.30. The maximum absolute atomic E-state index is 12.7. The number of ether oxygens (including phenoxy) is 1. The molecule has 0 aliphatic carbocycles. The van der Waals surface area contributed by atoms with Gasteiger partial charge in [-0.15, -0.1) is 0 Å². The number of likely N-dealkylation sites (tertiary alicyclic amines) is 1. The Morgan fingerprint density at radius 1 is 1.12 bits per heavy atom. The summed E-state index contributed by atoms with van der Waals surface area (Å²) in [7, 11) is 1.97. The molecule has 2 aromatic heterocycles. The summed E-state index contributed by atoms with van der Waals surface area (Å²) in [5.74, 6) is 0.425. The van der Waals surface area contributed by atoms with Crippen LogP contribution in [0.5, 0.6) is 5.75 Å². The lowest BCUT2D eigenvalue weighted by Crippen LogP contribution is -2.40. The summed E-state index contributed by atoms with van der Waals surface area (Å²) >= 11 is 1.73. The Hall–Kier alpha value is -3.01. The van der Waals surface area contributed by atoms with Crippen molar-refractivity contribution in [2.75, 3.05) is 13.1 Å². The van der Waals surface area contributed by atoms with Crippen molar-refractivity contribution in [2.24, 2.45) is 7.05 Å². The molecule has 1 amide bonds. The van der Waals surface area contributed by atoms with Crippen molar-refractivity contribution in [3.05, 3.63) is 71.8 Å². The molecule has 1 saturated heterocycles. The maximum atomic E-state index is 12.7. The van der Waals surface area contributed by atoms with Crippen LogP contribution in [0.2, 0.25) is 0 Å². The number of imidazole rings is 1. The second-order valence-electron chi connectivity index (χ2n) is 7.85. The van der Waals surface area contributed by atoms with E-state index in [0.29, 0.717) is 36.2 Å². The van der Waals surface area contributed by atoms with E-state index in [0.717, 1.165) is 35.8 Å². The average molecular weight is 477 g/mol. The number of nitrogens with zero attached hydrogens (tertiary/aromatic N) is 4. The SMILES string of the molecule is Cn1ccnc1SC1CCN(C(=O)Oc2ccc(Cc3ccc(C(F)(F)F)cn3)cc2)CC1. The van der Waals surface area contributed by atoms with Crippen molar-refractivity contribution in [1.29, 1.82) is 0 Å². The number of aryl methyl sites for hydroxylation is 1. The predicted molar refractivity (Wildman–Crippen MR) is 118 cm³/mol. The van der Waals surface area contributed by atoms with Crippen LogP contribution < -0.4 is 4.74 Å². The van der Waals surface area contributed by atoms with Crippen molar-refractivity contribution in [3.8, 4) is 5.75 Å². The first-order valence-electron chi connectivity index (χ1n) is 10.5. The van der Waals surface area contributed by atoms with Crippen LogP contribution in [0.25, 0.3) is 0 Å². The molecule has 0 spiro atoms. The van der Waals surface area contributed by atoms with E-state index in [1.54, 1.807) is 47.1 Å². The summed E-state index contributed by atoms with van der Waals surface area (Å²) in [4.78, 5) is 22.4. The Morgan fingerprint density at radius 3 is 2.42 bits per heavy atom. The first-order valence-corrected chi connectivity index (χ1v) is 11.4. The number of alkyl halides is 3. The smallest absolute Gasteiger partial charge is 0.410 e. The third-order valence-corrected chi connectivity index (χ3v) is 6.82. The molecule has 1 fully saturated rings. The number of thioether (sulfide) groups is 1. The zero-order chi connectivity index (χ0) is 23.4. The van der Waals surface area contributed by atoms with Crippen molar-refractivity contribution in [2.45, 2.75) is 35.8 Å². The molecule has 0 bridgehead atoms. The van der Waals surface area contributed by atoms with Crippen molar-refractivity contribution in [1.82, 2.24) is 19.4 Å². The third-order valence-electron chi connectivity index (χ3n) is 5.42. The molecule has 10 heteroatoms. The summed E-state index contributed by atoms with van der Waals surface area (Å²) in [6.07, 6.45) is 1.87. The van der Waals surface area contributed by atoms with Gasteiger partial charge in [0.05, 0.1) is 5.56 Å². The van der Waals surface area contributed by atoms with Crippen LogP contribution >= 0.6 is 11.8 Å². The van der Waals surface area contributed by atoms with Crippen LogP contribution in [-0.4, -0.2) is 43.9 Å². The van der Waals surface area contributed by atoms with E-state index < -0.39 is 11.7 Å². The number of piperidine rings is 1. The summed E-state index contributed by atoms with van der Waals surface area (Å²) in [5.41, 5.74) is 0.612. The first kappa shape index (κ1) is 23.2. The third kappa shape index (κ3) is 6.07. The van der Waals surface area contributed by atoms with Crippen LogP contribution in [0.3, 0.4) is 0 Å². The molecule has 0 saturated carbocycles. The normalized spacial score (nSPS) is 15.0. The summed E-state index contributed by atoms with van der Waals surface area (Å²) in [6, 6.07) is 9.31. The number of carbonyl (C=O) groups excluding carboxylic acids is 1. The molecular formula is C23H23F3N4O2S. The van der Waals surface area contributed by atoms with Gasteiger partial charge in [-0.2, -0.15) is 13.2 Å². The molecule has 33 heavy (non-hydrogen) atoms. The molecule has 3 aromatic rings. The average Bonchev–Trinajstić information content (AvgIpc) is 3.19. The van der Waals surface area contributed by atoms with Gasteiger partial charge in [0.25, 0.3) is 0 Å². The fraction of sp³-hybridized carbons (Fsp3) is 0.348. The van der Waals surface area contributed by atoms with E-state index >= 15 is 0 Å². The molecule has 6 nitrogen and oxygen atoms in total. The van der Waals surface area contributed by atoms with Gasteiger partial charge in [0.15, 0.2) is 5.16 Å². The topological polar surface area (TPSA) is 60.2 Å². The predicted octanol–water partition coefficient (Wildman–Crippen LogP) is 5.18. The minimum atomic E-state index is -4.40. The second kappa shape index (κ2) is 9.86. The lowest BCUT2D eigenvalue weighted by molar-refractivity contribution is -0.137. The molecule has 4 rings (SSSR count). The molecule has 1 aliphatic heterocycles. The van der Waals surface area contributed by atoms with Gasteiger partial charge < -0.3 is 14.2 Å².